The van der Waals surface area contributed by atoms with Gasteiger partial charge in [0.1, 0.15) is 0 Å². The molecule has 2 aliphatic heterocycles. The van der Waals surface area contributed by atoms with E-state index in [1.807, 2.05) is 13.0 Å². The Hall–Kier alpha value is -2.08. The van der Waals surface area contributed by atoms with Crippen LogP contribution in [0.4, 0.5) is 0 Å². The number of fused-ring (bicyclic) bond motifs is 5. The largest absolute Gasteiger partial charge is 0.493 e. The average molecular weight is 304 g/mol. The second-order valence-corrected chi connectivity index (χ2v) is 5.90. The molecule has 0 spiro atoms. The molecule has 1 aromatic carbocycles. The number of methoxy groups -OCH3 is 1. The first-order chi connectivity index (χ1) is 10.4. The number of nitrogens with one attached hydrogen (secondary N) is 1. The van der Waals surface area contributed by atoms with E-state index >= 15 is 0 Å². The van der Waals surface area contributed by atoms with Crippen molar-refractivity contribution in [1.82, 2.24) is 10.2 Å². The Morgan fingerprint density at radius 3 is 2.73 bits per heavy atom. The molecular weight excluding hydrogens is 284 g/mol. The van der Waals surface area contributed by atoms with Gasteiger partial charge in [0.2, 0.25) is 5.91 Å². The fraction of sp³-hybridized carbons (Fsp3) is 0.500. The van der Waals surface area contributed by atoms with Crippen LogP contribution in [0.2, 0.25) is 0 Å². The summed E-state index contributed by atoms with van der Waals surface area (Å²) in [4.78, 5) is 25.3. The van der Waals surface area contributed by atoms with E-state index in [1.54, 1.807) is 19.1 Å². The number of amides is 1. The number of carbonyl (C=O) groups is 2. The lowest BCUT2D eigenvalue weighted by Gasteiger charge is -2.24. The van der Waals surface area contributed by atoms with Crippen molar-refractivity contribution in [1.29, 1.82) is 0 Å². The molecule has 2 aliphatic rings. The molecule has 0 saturated carbocycles. The highest BCUT2D eigenvalue weighted by Crippen LogP contribution is 2.48. The van der Waals surface area contributed by atoms with Gasteiger partial charge in [-0.1, -0.05) is 6.07 Å². The van der Waals surface area contributed by atoms with Gasteiger partial charge in [0, 0.05) is 38.5 Å². The second-order valence-electron chi connectivity index (χ2n) is 5.90. The normalized spacial score (nSPS) is 23.1. The maximum Gasteiger partial charge on any atom is 0.308 e. The zero-order chi connectivity index (χ0) is 16.0. The van der Waals surface area contributed by atoms with Crippen LogP contribution in [-0.4, -0.2) is 37.5 Å². The van der Waals surface area contributed by atoms with Gasteiger partial charge in [-0.3, -0.25) is 9.59 Å². The lowest BCUT2D eigenvalue weighted by atomic mass is 9.94. The summed E-state index contributed by atoms with van der Waals surface area (Å²) < 4.78 is 10.9. The number of esters is 1. The topological polar surface area (TPSA) is 67.9 Å². The highest BCUT2D eigenvalue weighted by Gasteiger charge is 2.40. The fourth-order valence-corrected chi connectivity index (χ4v) is 3.39. The molecule has 1 fully saturated rings. The SMILES string of the molecule is COc1c(C)cc2c(c1OC(C)=O)C1CN(C)C(=O)CC2N1. The van der Waals surface area contributed by atoms with Crippen molar-refractivity contribution in [2.75, 3.05) is 20.7 Å². The van der Waals surface area contributed by atoms with Crippen LogP contribution >= 0.6 is 0 Å². The Balaban J connectivity index is 2.18. The highest BCUT2D eigenvalue weighted by molar-refractivity contribution is 5.79. The van der Waals surface area contributed by atoms with E-state index in [1.165, 1.54) is 6.92 Å². The lowest BCUT2D eigenvalue weighted by molar-refractivity contribution is -0.132. The van der Waals surface area contributed by atoms with E-state index in [2.05, 4.69) is 5.32 Å². The van der Waals surface area contributed by atoms with Gasteiger partial charge in [0.05, 0.1) is 13.2 Å². The van der Waals surface area contributed by atoms with Crippen LogP contribution in [0.15, 0.2) is 6.07 Å². The Morgan fingerprint density at radius 2 is 2.09 bits per heavy atom. The first-order valence-electron chi connectivity index (χ1n) is 7.32. The first kappa shape index (κ1) is 14.8. The van der Waals surface area contributed by atoms with Crippen LogP contribution in [0.5, 0.6) is 11.5 Å². The number of hydrogen-bond acceptors (Lipinski definition) is 5. The molecule has 22 heavy (non-hydrogen) atoms. The van der Waals surface area contributed by atoms with Gasteiger partial charge in [-0.15, -0.1) is 0 Å². The van der Waals surface area contributed by atoms with Gasteiger partial charge in [-0.25, -0.2) is 0 Å². The number of rotatable bonds is 2. The molecule has 1 N–H and O–H groups in total. The molecule has 2 atom stereocenters. The Labute approximate surface area is 129 Å². The van der Waals surface area contributed by atoms with Gasteiger partial charge in [-0.05, 0) is 18.1 Å². The highest BCUT2D eigenvalue weighted by atomic mass is 16.6. The molecule has 6 nitrogen and oxygen atoms in total. The minimum Gasteiger partial charge on any atom is -0.493 e. The summed E-state index contributed by atoms with van der Waals surface area (Å²) in [6, 6.07) is 1.92. The number of likely N-dealkylation sites (N-methyl/N-ethyl adjacent to an activating group) is 1. The number of nitrogens with zero attached hydrogens (tertiary/aromatic N) is 1. The molecule has 0 radical (unpaired) electrons. The molecular formula is C16H20N2O4. The van der Waals surface area contributed by atoms with Gasteiger partial charge in [-0.2, -0.15) is 0 Å². The molecule has 2 heterocycles. The quantitative estimate of drug-likeness (QED) is 0.662. The van der Waals surface area contributed by atoms with Gasteiger partial charge < -0.3 is 19.7 Å². The molecule has 2 bridgehead atoms. The predicted octanol–water partition coefficient (Wildman–Crippen LogP) is 1.48. The lowest BCUT2D eigenvalue weighted by Crippen LogP contribution is -2.30. The van der Waals surface area contributed by atoms with Crippen LogP contribution in [0.25, 0.3) is 0 Å². The van der Waals surface area contributed by atoms with Gasteiger partial charge in [0.15, 0.2) is 11.5 Å². The van der Waals surface area contributed by atoms with Gasteiger partial charge >= 0.3 is 5.97 Å². The molecule has 3 rings (SSSR count). The van der Waals surface area contributed by atoms with Crippen LogP contribution in [0, 0.1) is 6.92 Å². The van der Waals surface area contributed by atoms with Gasteiger partial charge in [0.25, 0.3) is 0 Å². The number of carbonyl (C=O) groups excluding carboxylic acids is 2. The summed E-state index contributed by atoms with van der Waals surface area (Å²) in [5.41, 5.74) is 2.86. The Bertz CT molecular complexity index is 656. The zero-order valence-electron chi connectivity index (χ0n) is 13.2. The smallest absolute Gasteiger partial charge is 0.308 e. The first-order valence-corrected chi connectivity index (χ1v) is 7.32. The number of benzene rings is 1. The van der Waals surface area contributed by atoms with Crippen molar-refractivity contribution in [2.45, 2.75) is 32.4 Å². The number of aryl methyl sites for hydroxylation is 1. The number of hydrogen-bond donors (Lipinski definition) is 1. The molecule has 1 aromatic rings. The molecule has 2 unspecified atom stereocenters. The molecule has 1 amide bonds. The molecule has 6 heteroatoms. The third-order valence-electron chi connectivity index (χ3n) is 4.33. The molecule has 118 valence electrons. The van der Waals surface area contributed by atoms with E-state index < -0.39 is 0 Å². The standard InChI is InChI=1S/C16H20N2O4/c1-8-5-10-11-6-13(20)18(3)7-12(17-11)14(10)16(15(8)21-4)22-9(2)19/h5,11-12,17H,6-7H2,1-4H3. The van der Waals surface area contributed by atoms with E-state index in [-0.39, 0.29) is 24.0 Å². The van der Waals surface area contributed by atoms with E-state index in [9.17, 15) is 9.59 Å². The van der Waals surface area contributed by atoms with Crippen molar-refractivity contribution in [3.05, 3.63) is 22.8 Å². The minimum absolute atomic E-state index is 0.0450. The third-order valence-corrected chi connectivity index (χ3v) is 4.33. The summed E-state index contributed by atoms with van der Waals surface area (Å²) in [5.74, 6) is 0.798. The van der Waals surface area contributed by atoms with Crippen molar-refractivity contribution in [3.63, 3.8) is 0 Å². The van der Waals surface area contributed by atoms with Crippen molar-refractivity contribution in [3.8, 4) is 11.5 Å². The summed E-state index contributed by atoms with van der Waals surface area (Å²) in [7, 11) is 3.36. The Morgan fingerprint density at radius 1 is 1.36 bits per heavy atom. The van der Waals surface area contributed by atoms with Crippen LogP contribution < -0.4 is 14.8 Å². The maximum atomic E-state index is 12.1. The summed E-state index contributed by atoms with van der Waals surface area (Å²) in [6.45, 7) is 3.84. The van der Waals surface area contributed by atoms with Crippen LogP contribution in [0.3, 0.4) is 0 Å². The second kappa shape index (κ2) is 5.28. The monoisotopic (exact) mass is 304 g/mol. The summed E-state index contributed by atoms with van der Waals surface area (Å²) in [6.07, 6.45) is 0.408. The van der Waals surface area contributed by atoms with Crippen molar-refractivity contribution in [2.24, 2.45) is 0 Å². The van der Waals surface area contributed by atoms with E-state index in [4.69, 9.17) is 9.47 Å². The van der Waals surface area contributed by atoms with Crippen molar-refractivity contribution >= 4 is 11.9 Å². The van der Waals surface area contributed by atoms with Crippen LogP contribution in [0.1, 0.15) is 42.1 Å². The van der Waals surface area contributed by atoms with Crippen molar-refractivity contribution < 1.29 is 19.1 Å². The molecule has 0 aromatic heterocycles. The fourth-order valence-electron chi connectivity index (χ4n) is 3.39. The molecule has 0 aliphatic carbocycles. The maximum absolute atomic E-state index is 12.1. The van der Waals surface area contributed by atoms with E-state index in [0.29, 0.717) is 24.5 Å². The molecule has 1 saturated heterocycles. The zero-order valence-corrected chi connectivity index (χ0v) is 13.2. The summed E-state index contributed by atoms with van der Waals surface area (Å²) >= 11 is 0. The van der Waals surface area contributed by atoms with Crippen LogP contribution in [-0.2, 0) is 9.59 Å². The number of ether oxygens (including phenoxy) is 2. The summed E-state index contributed by atoms with van der Waals surface area (Å²) in [5, 5.41) is 3.46. The van der Waals surface area contributed by atoms with E-state index in [0.717, 1.165) is 16.7 Å². The average Bonchev–Trinajstić information content (AvgIpc) is 2.67. The minimum atomic E-state index is -0.380. The Kier molecular flexibility index (Phi) is 3.56. The third kappa shape index (κ3) is 2.23. The predicted molar refractivity (Wildman–Crippen MR) is 79.9 cm³/mol.